The first-order valence-corrected chi connectivity index (χ1v) is 9.81. The van der Waals surface area contributed by atoms with Gasteiger partial charge in [-0.05, 0) is 19.3 Å². The van der Waals surface area contributed by atoms with E-state index < -0.39 is 10.0 Å². The fourth-order valence-electron chi connectivity index (χ4n) is 3.37. The zero-order valence-corrected chi connectivity index (χ0v) is 14.0. The minimum absolute atomic E-state index is 0.145. The Labute approximate surface area is 136 Å². The molecule has 0 radical (unpaired) electrons. The monoisotopic (exact) mass is 338 g/mol. The summed E-state index contributed by atoms with van der Waals surface area (Å²) in [5.74, 6) is 0.962. The number of hydrogen-bond donors (Lipinski definition) is 0. The highest BCUT2D eigenvalue weighted by Gasteiger charge is 2.40. The zero-order chi connectivity index (χ0) is 15.9. The molecule has 0 aromatic carbocycles. The number of rotatable bonds is 3. The highest BCUT2D eigenvalue weighted by Crippen LogP contribution is 2.33. The molecule has 7 nitrogen and oxygen atoms in total. The second kappa shape index (κ2) is 5.99. The molecule has 0 atom stereocenters. The average molecular weight is 338 g/mol. The SMILES string of the molecule is O=S(=O)(C1CC1)N1CCc2ncnc(N3CCOCC3)c2CC1. The number of hydrogen-bond acceptors (Lipinski definition) is 6. The maximum Gasteiger partial charge on any atom is 0.217 e. The van der Waals surface area contributed by atoms with Crippen LogP contribution < -0.4 is 4.90 Å². The number of fused-ring (bicyclic) bond motifs is 1. The third-order valence-corrected chi connectivity index (χ3v) is 7.24. The minimum atomic E-state index is -3.12. The van der Waals surface area contributed by atoms with Gasteiger partial charge in [0.15, 0.2) is 0 Å². The average Bonchev–Trinajstić information content (AvgIpc) is 3.41. The van der Waals surface area contributed by atoms with E-state index in [1.54, 1.807) is 10.6 Å². The third-order valence-electron chi connectivity index (χ3n) is 4.84. The van der Waals surface area contributed by atoms with Crippen LogP contribution in [-0.2, 0) is 27.6 Å². The fourth-order valence-corrected chi connectivity index (χ4v) is 5.21. The molecule has 3 heterocycles. The standard InChI is InChI=1S/C15H22N4O3S/c20-23(21,12-1-2-12)19-5-3-13-14(4-6-19)16-11-17-15(13)18-7-9-22-10-8-18/h11-12H,1-10H2. The van der Waals surface area contributed by atoms with Crippen molar-refractivity contribution in [1.29, 1.82) is 0 Å². The summed E-state index contributed by atoms with van der Waals surface area (Å²) in [6.45, 7) is 4.14. The van der Waals surface area contributed by atoms with Gasteiger partial charge in [0.05, 0.1) is 24.2 Å². The lowest BCUT2D eigenvalue weighted by molar-refractivity contribution is 0.122. The van der Waals surface area contributed by atoms with E-state index in [-0.39, 0.29) is 5.25 Å². The first-order chi connectivity index (χ1) is 11.2. The number of sulfonamides is 1. The maximum atomic E-state index is 12.5. The molecular formula is C15H22N4O3S. The topological polar surface area (TPSA) is 75.6 Å². The van der Waals surface area contributed by atoms with Crippen molar-refractivity contribution in [2.75, 3.05) is 44.3 Å². The van der Waals surface area contributed by atoms with Gasteiger partial charge in [-0.1, -0.05) is 0 Å². The molecule has 4 rings (SSSR count). The van der Waals surface area contributed by atoms with Crippen LogP contribution in [0.1, 0.15) is 24.1 Å². The Morgan fingerprint density at radius 1 is 1.04 bits per heavy atom. The van der Waals surface area contributed by atoms with Crippen molar-refractivity contribution < 1.29 is 13.2 Å². The molecule has 0 unspecified atom stereocenters. The maximum absolute atomic E-state index is 12.5. The molecule has 1 aromatic heterocycles. The van der Waals surface area contributed by atoms with E-state index in [9.17, 15) is 8.42 Å². The van der Waals surface area contributed by atoms with Gasteiger partial charge in [-0.15, -0.1) is 0 Å². The molecule has 0 N–H and O–H groups in total. The van der Waals surface area contributed by atoms with Crippen molar-refractivity contribution >= 4 is 15.8 Å². The summed E-state index contributed by atoms with van der Waals surface area (Å²) in [6.07, 6.45) is 4.58. The Bertz CT molecular complexity index is 684. The van der Waals surface area contributed by atoms with Crippen molar-refractivity contribution in [2.45, 2.75) is 30.9 Å². The molecule has 0 spiro atoms. The highest BCUT2D eigenvalue weighted by atomic mass is 32.2. The smallest absolute Gasteiger partial charge is 0.217 e. The second-order valence-electron chi connectivity index (χ2n) is 6.37. The van der Waals surface area contributed by atoms with Crippen LogP contribution in [0, 0.1) is 0 Å². The number of ether oxygens (including phenoxy) is 1. The molecular weight excluding hydrogens is 316 g/mol. The number of anilines is 1. The summed E-state index contributed by atoms with van der Waals surface area (Å²) in [6, 6.07) is 0. The molecule has 1 saturated heterocycles. The van der Waals surface area contributed by atoms with Crippen molar-refractivity contribution in [1.82, 2.24) is 14.3 Å². The van der Waals surface area contributed by atoms with Crippen LogP contribution in [0.2, 0.25) is 0 Å². The molecule has 126 valence electrons. The second-order valence-corrected chi connectivity index (χ2v) is 8.58. The van der Waals surface area contributed by atoms with Crippen LogP contribution in [0.5, 0.6) is 0 Å². The van der Waals surface area contributed by atoms with Gasteiger partial charge in [0, 0.05) is 38.2 Å². The number of aromatic nitrogens is 2. The summed E-state index contributed by atoms with van der Waals surface area (Å²) >= 11 is 0. The lowest BCUT2D eigenvalue weighted by Gasteiger charge is -2.29. The summed E-state index contributed by atoms with van der Waals surface area (Å²) in [4.78, 5) is 11.1. The Kier molecular flexibility index (Phi) is 3.98. The van der Waals surface area contributed by atoms with E-state index in [1.165, 1.54) is 0 Å². The van der Waals surface area contributed by atoms with E-state index in [1.807, 2.05) is 0 Å². The first-order valence-electron chi connectivity index (χ1n) is 8.30. The van der Waals surface area contributed by atoms with Crippen molar-refractivity contribution in [3.63, 3.8) is 0 Å². The molecule has 3 aliphatic rings. The van der Waals surface area contributed by atoms with Crippen LogP contribution >= 0.6 is 0 Å². The van der Waals surface area contributed by atoms with Gasteiger partial charge in [0.1, 0.15) is 12.1 Å². The molecule has 1 aliphatic carbocycles. The zero-order valence-electron chi connectivity index (χ0n) is 13.1. The van der Waals surface area contributed by atoms with Crippen molar-refractivity contribution in [2.24, 2.45) is 0 Å². The van der Waals surface area contributed by atoms with Gasteiger partial charge < -0.3 is 9.64 Å². The van der Waals surface area contributed by atoms with Gasteiger partial charge >= 0.3 is 0 Å². The molecule has 8 heteroatoms. The van der Waals surface area contributed by atoms with Gasteiger partial charge in [-0.25, -0.2) is 22.7 Å². The Balaban J connectivity index is 1.58. The van der Waals surface area contributed by atoms with Crippen LogP contribution in [0.15, 0.2) is 6.33 Å². The molecule has 2 fully saturated rings. The van der Waals surface area contributed by atoms with E-state index in [0.717, 1.165) is 43.0 Å². The molecule has 23 heavy (non-hydrogen) atoms. The van der Waals surface area contributed by atoms with Crippen LogP contribution in [-0.4, -0.2) is 67.3 Å². The lowest BCUT2D eigenvalue weighted by Crippen LogP contribution is -2.38. The van der Waals surface area contributed by atoms with Crippen molar-refractivity contribution in [3.8, 4) is 0 Å². The van der Waals surface area contributed by atoms with Gasteiger partial charge in [-0.2, -0.15) is 0 Å². The molecule has 2 aliphatic heterocycles. The van der Waals surface area contributed by atoms with Gasteiger partial charge in [0.2, 0.25) is 10.0 Å². The quantitative estimate of drug-likeness (QED) is 0.784. The largest absolute Gasteiger partial charge is 0.378 e. The van der Waals surface area contributed by atoms with E-state index in [4.69, 9.17) is 4.74 Å². The van der Waals surface area contributed by atoms with E-state index in [2.05, 4.69) is 14.9 Å². The highest BCUT2D eigenvalue weighted by molar-refractivity contribution is 7.90. The fraction of sp³-hybridized carbons (Fsp3) is 0.733. The molecule has 1 saturated carbocycles. The summed E-state index contributed by atoms with van der Waals surface area (Å²) in [5, 5.41) is -0.145. The van der Waals surface area contributed by atoms with Gasteiger partial charge in [0.25, 0.3) is 0 Å². The van der Waals surface area contributed by atoms with E-state index in [0.29, 0.717) is 39.1 Å². The Morgan fingerprint density at radius 2 is 1.78 bits per heavy atom. The molecule has 0 amide bonds. The third kappa shape index (κ3) is 2.95. The predicted octanol–water partition coefficient (Wildman–Crippen LogP) is 0.206. The number of nitrogens with zero attached hydrogens (tertiary/aromatic N) is 4. The van der Waals surface area contributed by atoms with Crippen LogP contribution in [0.25, 0.3) is 0 Å². The van der Waals surface area contributed by atoms with Crippen LogP contribution in [0.3, 0.4) is 0 Å². The number of morpholine rings is 1. The van der Waals surface area contributed by atoms with Crippen molar-refractivity contribution in [3.05, 3.63) is 17.6 Å². The van der Waals surface area contributed by atoms with Gasteiger partial charge in [-0.3, -0.25) is 0 Å². The lowest BCUT2D eigenvalue weighted by atomic mass is 10.1. The Morgan fingerprint density at radius 3 is 2.52 bits per heavy atom. The normalized spacial score (nSPS) is 23.4. The summed E-state index contributed by atoms with van der Waals surface area (Å²) in [5.41, 5.74) is 2.11. The minimum Gasteiger partial charge on any atom is -0.378 e. The first kappa shape index (κ1) is 15.3. The summed E-state index contributed by atoms with van der Waals surface area (Å²) < 4.78 is 32.1. The Hall–Kier alpha value is -1.25. The summed E-state index contributed by atoms with van der Waals surface area (Å²) in [7, 11) is -3.12. The van der Waals surface area contributed by atoms with Crippen LogP contribution in [0.4, 0.5) is 5.82 Å². The predicted molar refractivity (Wildman–Crippen MR) is 86.0 cm³/mol. The molecule has 1 aromatic rings. The van der Waals surface area contributed by atoms with E-state index >= 15 is 0 Å². The molecule has 0 bridgehead atoms.